The second-order valence-corrected chi connectivity index (χ2v) is 6.64. The number of urea groups is 1. The molecule has 0 saturated heterocycles. The summed E-state index contributed by atoms with van der Waals surface area (Å²) in [5.74, 6) is 0. The molecule has 8 heteroatoms. The van der Waals surface area contributed by atoms with Gasteiger partial charge in [-0.2, -0.15) is 0 Å². The summed E-state index contributed by atoms with van der Waals surface area (Å²) < 4.78 is 1.69. The number of aryl methyl sites for hydroxylation is 1. The number of nitrogens with one attached hydrogen (secondary N) is 2. The van der Waals surface area contributed by atoms with Crippen molar-refractivity contribution in [1.29, 1.82) is 0 Å². The Morgan fingerprint density at radius 3 is 2.83 bits per heavy atom. The van der Waals surface area contributed by atoms with Crippen molar-refractivity contribution in [2.75, 3.05) is 0 Å². The molecule has 2 heterocycles. The molecular formula is C16H18N6OS. The molecule has 2 N–H and O–H groups in total. The van der Waals surface area contributed by atoms with E-state index < -0.39 is 0 Å². The molecule has 2 amide bonds. The fourth-order valence-electron chi connectivity index (χ4n) is 2.16. The van der Waals surface area contributed by atoms with Gasteiger partial charge in [0.05, 0.1) is 29.5 Å². The van der Waals surface area contributed by atoms with E-state index in [4.69, 9.17) is 0 Å². The number of hydrogen-bond acceptors (Lipinski definition) is 5. The lowest BCUT2D eigenvalue weighted by Crippen LogP contribution is -2.36. The van der Waals surface area contributed by atoms with E-state index >= 15 is 0 Å². The third-order valence-electron chi connectivity index (χ3n) is 3.42. The normalized spacial score (nSPS) is 11.9. The topological polar surface area (TPSA) is 84.7 Å². The maximum absolute atomic E-state index is 12.0. The van der Waals surface area contributed by atoms with Crippen LogP contribution in [0.25, 0.3) is 5.69 Å². The number of rotatable bonds is 5. The number of aromatic nitrogens is 4. The molecule has 3 aromatic rings. The lowest BCUT2D eigenvalue weighted by molar-refractivity contribution is 0.237. The number of carbonyl (C=O) groups is 1. The third kappa shape index (κ3) is 3.96. The van der Waals surface area contributed by atoms with E-state index in [0.717, 1.165) is 15.6 Å². The van der Waals surface area contributed by atoms with Crippen LogP contribution in [0, 0.1) is 6.92 Å². The number of amides is 2. The largest absolute Gasteiger partial charge is 0.333 e. The molecule has 1 aromatic carbocycles. The lowest BCUT2D eigenvalue weighted by atomic mass is 10.2. The standard InChI is InChI=1S/C16H18N6OS/c1-11(19-16(23)18-9-14-8-17-12(2)24-14)15-10-22(21-20-15)13-6-4-3-5-7-13/h3-8,10-11H,9H2,1-2H3,(H2,18,19,23)/t11-/m1/s1. The molecule has 0 radical (unpaired) electrons. The highest BCUT2D eigenvalue weighted by Gasteiger charge is 2.13. The van der Waals surface area contributed by atoms with Gasteiger partial charge in [0.1, 0.15) is 5.69 Å². The highest BCUT2D eigenvalue weighted by atomic mass is 32.1. The Bertz CT molecular complexity index is 813. The van der Waals surface area contributed by atoms with Crippen LogP contribution in [0.5, 0.6) is 0 Å². The predicted octanol–water partition coefficient (Wildman–Crippen LogP) is 2.59. The number of benzene rings is 1. The zero-order valence-electron chi connectivity index (χ0n) is 13.4. The van der Waals surface area contributed by atoms with E-state index in [2.05, 4.69) is 25.9 Å². The fourth-order valence-corrected chi connectivity index (χ4v) is 2.89. The summed E-state index contributed by atoms with van der Waals surface area (Å²) in [6.07, 6.45) is 3.59. The highest BCUT2D eigenvalue weighted by molar-refractivity contribution is 7.11. The van der Waals surface area contributed by atoms with E-state index in [0.29, 0.717) is 12.2 Å². The van der Waals surface area contributed by atoms with E-state index in [-0.39, 0.29) is 12.1 Å². The summed E-state index contributed by atoms with van der Waals surface area (Å²) >= 11 is 1.57. The molecule has 1 atom stereocenters. The SMILES string of the molecule is Cc1ncc(CNC(=O)N[C@H](C)c2cn(-c3ccccc3)nn2)s1. The van der Waals surface area contributed by atoms with Crippen molar-refractivity contribution in [3.05, 3.63) is 58.3 Å². The number of hydrogen-bond donors (Lipinski definition) is 2. The van der Waals surface area contributed by atoms with E-state index in [1.165, 1.54) is 0 Å². The van der Waals surface area contributed by atoms with Crippen LogP contribution in [-0.2, 0) is 6.54 Å². The Labute approximate surface area is 143 Å². The maximum Gasteiger partial charge on any atom is 0.315 e. The number of nitrogens with zero attached hydrogens (tertiary/aromatic N) is 4. The molecule has 7 nitrogen and oxygen atoms in total. The van der Waals surface area contributed by atoms with E-state index in [1.807, 2.05) is 50.4 Å². The van der Waals surface area contributed by atoms with Crippen molar-refractivity contribution >= 4 is 17.4 Å². The highest BCUT2D eigenvalue weighted by Crippen LogP contribution is 2.12. The summed E-state index contributed by atoms with van der Waals surface area (Å²) in [5.41, 5.74) is 1.62. The van der Waals surface area contributed by atoms with Crippen LogP contribution >= 0.6 is 11.3 Å². The summed E-state index contributed by atoms with van der Waals surface area (Å²) in [4.78, 5) is 17.2. The number of para-hydroxylation sites is 1. The van der Waals surface area contributed by atoms with Gasteiger partial charge >= 0.3 is 6.03 Å². The van der Waals surface area contributed by atoms with Crippen LogP contribution in [0.15, 0.2) is 42.7 Å². The molecule has 0 aliphatic carbocycles. The van der Waals surface area contributed by atoms with Crippen LogP contribution in [0.2, 0.25) is 0 Å². The van der Waals surface area contributed by atoms with Gasteiger partial charge in [0, 0.05) is 11.1 Å². The number of carbonyl (C=O) groups excluding carboxylic acids is 1. The minimum Gasteiger partial charge on any atom is -0.333 e. The minimum atomic E-state index is -0.247. The first-order valence-electron chi connectivity index (χ1n) is 7.55. The average Bonchev–Trinajstić information content (AvgIpc) is 3.23. The molecule has 124 valence electrons. The van der Waals surface area contributed by atoms with Crippen molar-refractivity contribution < 1.29 is 4.79 Å². The average molecular weight is 342 g/mol. The molecule has 3 rings (SSSR count). The quantitative estimate of drug-likeness (QED) is 0.746. The fraction of sp³-hybridized carbons (Fsp3) is 0.250. The molecule has 2 aromatic heterocycles. The van der Waals surface area contributed by atoms with Gasteiger partial charge < -0.3 is 10.6 Å². The Morgan fingerprint density at radius 1 is 1.33 bits per heavy atom. The van der Waals surface area contributed by atoms with Crippen LogP contribution in [0.4, 0.5) is 4.79 Å². The van der Waals surface area contributed by atoms with Crippen LogP contribution in [-0.4, -0.2) is 26.0 Å². The van der Waals surface area contributed by atoms with Gasteiger partial charge in [0.25, 0.3) is 0 Å². The summed E-state index contributed by atoms with van der Waals surface area (Å²) in [7, 11) is 0. The zero-order chi connectivity index (χ0) is 16.9. The molecule has 0 aliphatic rings. The Balaban J connectivity index is 1.55. The van der Waals surface area contributed by atoms with Crippen molar-refractivity contribution in [2.45, 2.75) is 26.4 Å². The van der Waals surface area contributed by atoms with Crippen LogP contribution in [0.1, 0.15) is 28.5 Å². The van der Waals surface area contributed by atoms with Crippen molar-refractivity contribution in [3.63, 3.8) is 0 Å². The van der Waals surface area contributed by atoms with Crippen molar-refractivity contribution in [3.8, 4) is 5.69 Å². The summed E-state index contributed by atoms with van der Waals surface area (Å²) in [6.45, 7) is 4.27. The monoisotopic (exact) mass is 342 g/mol. The Hall–Kier alpha value is -2.74. The van der Waals surface area contributed by atoms with E-state index in [1.54, 1.807) is 22.2 Å². The zero-order valence-corrected chi connectivity index (χ0v) is 14.2. The molecule has 0 bridgehead atoms. The molecule has 0 aliphatic heterocycles. The van der Waals surface area contributed by atoms with Crippen LogP contribution < -0.4 is 10.6 Å². The van der Waals surface area contributed by atoms with Gasteiger partial charge in [-0.05, 0) is 26.0 Å². The molecule has 0 unspecified atom stereocenters. The van der Waals surface area contributed by atoms with Gasteiger partial charge in [-0.3, -0.25) is 0 Å². The molecule has 24 heavy (non-hydrogen) atoms. The molecule has 0 fully saturated rings. The first-order valence-corrected chi connectivity index (χ1v) is 8.37. The lowest BCUT2D eigenvalue weighted by Gasteiger charge is -2.11. The minimum absolute atomic E-state index is 0.245. The predicted molar refractivity (Wildman–Crippen MR) is 92.0 cm³/mol. The van der Waals surface area contributed by atoms with E-state index in [9.17, 15) is 4.79 Å². The Morgan fingerprint density at radius 2 is 2.12 bits per heavy atom. The third-order valence-corrected chi connectivity index (χ3v) is 4.33. The first-order chi connectivity index (χ1) is 11.6. The number of thiazole rings is 1. The molecular weight excluding hydrogens is 324 g/mol. The Kier molecular flexibility index (Phi) is 4.85. The van der Waals surface area contributed by atoms with Gasteiger partial charge in [0.15, 0.2) is 0 Å². The van der Waals surface area contributed by atoms with Gasteiger partial charge in [0.2, 0.25) is 0 Å². The van der Waals surface area contributed by atoms with Crippen molar-refractivity contribution in [2.24, 2.45) is 0 Å². The summed E-state index contributed by atoms with van der Waals surface area (Å²) in [5, 5.41) is 14.9. The maximum atomic E-state index is 12.0. The molecule has 0 spiro atoms. The van der Waals surface area contributed by atoms with Gasteiger partial charge in [-0.15, -0.1) is 16.4 Å². The van der Waals surface area contributed by atoms with Crippen molar-refractivity contribution in [1.82, 2.24) is 30.6 Å². The smallest absolute Gasteiger partial charge is 0.315 e. The van der Waals surface area contributed by atoms with Crippen LogP contribution in [0.3, 0.4) is 0 Å². The second-order valence-electron chi connectivity index (χ2n) is 5.32. The van der Waals surface area contributed by atoms with Gasteiger partial charge in [-0.25, -0.2) is 14.5 Å². The second kappa shape index (κ2) is 7.22. The van der Waals surface area contributed by atoms with Gasteiger partial charge in [-0.1, -0.05) is 23.4 Å². The summed E-state index contributed by atoms with van der Waals surface area (Å²) in [6, 6.07) is 9.22. The first kappa shape index (κ1) is 16.1. The molecule has 0 saturated carbocycles.